The Balaban J connectivity index is 2.44. The quantitative estimate of drug-likeness (QED) is 0.778. The standard InChI is InChI=1S/C16H14F2O2/c1-9-6-11(18)8-13-12-7-10(17)4-5-14(12)16(19-2,20-3)15(9)13/h4-8H,1-3H3. The summed E-state index contributed by atoms with van der Waals surface area (Å²) in [5.74, 6) is -1.85. The highest BCUT2D eigenvalue weighted by Crippen LogP contribution is 2.51. The van der Waals surface area contributed by atoms with Gasteiger partial charge >= 0.3 is 0 Å². The average Bonchev–Trinajstić information content (AvgIpc) is 2.69. The second kappa shape index (κ2) is 4.36. The lowest BCUT2D eigenvalue weighted by Gasteiger charge is -2.29. The topological polar surface area (TPSA) is 18.5 Å². The van der Waals surface area contributed by atoms with E-state index in [4.69, 9.17) is 9.47 Å². The van der Waals surface area contributed by atoms with Crippen LogP contribution in [-0.2, 0) is 15.3 Å². The van der Waals surface area contributed by atoms with E-state index in [9.17, 15) is 8.78 Å². The number of rotatable bonds is 2. The van der Waals surface area contributed by atoms with E-state index < -0.39 is 5.79 Å². The van der Waals surface area contributed by atoms with E-state index in [1.54, 1.807) is 13.0 Å². The number of hydrogen-bond donors (Lipinski definition) is 0. The van der Waals surface area contributed by atoms with E-state index in [1.165, 1.54) is 38.5 Å². The van der Waals surface area contributed by atoms with Crippen molar-refractivity contribution in [3.63, 3.8) is 0 Å². The van der Waals surface area contributed by atoms with Gasteiger partial charge in [0.05, 0.1) is 0 Å². The van der Waals surface area contributed by atoms with E-state index in [0.29, 0.717) is 22.3 Å². The third-order valence-electron chi connectivity index (χ3n) is 3.83. The molecule has 4 heteroatoms. The predicted octanol–water partition coefficient (Wildman–Crippen LogP) is 3.75. The van der Waals surface area contributed by atoms with Crippen molar-refractivity contribution >= 4 is 0 Å². The maximum absolute atomic E-state index is 13.7. The van der Waals surface area contributed by atoms with Gasteiger partial charge in [-0.3, -0.25) is 0 Å². The van der Waals surface area contributed by atoms with Gasteiger partial charge in [0.1, 0.15) is 11.6 Å². The normalized spacial score (nSPS) is 15.1. The zero-order valence-corrected chi connectivity index (χ0v) is 11.5. The molecule has 2 aromatic carbocycles. The van der Waals surface area contributed by atoms with Gasteiger partial charge in [-0.15, -0.1) is 0 Å². The van der Waals surface area contributed by atoms with Crippen molar-refractivity contribution in [3.8, 4) is 11.1 Å². The molecule has 0 aromatic heterocycles. The molecule has 0 amide bonds. The molecule has 0 bridgehead atoms. The minimum Gasteiger partial charge on any atom is -0.346 e. The van der Waals surface area contributed by atoms with Crippen LogP contribution in [0.4, 0.5) is 8.78 Å². The smallest absolute Gasteiger partial charge is 0.223 e. The molecule has 104 valence electrons. The molecule has 2 aromatic rings. The van der Waals surface area contributed by atoms with Gasteiger partial charge in [-0.05, 0) is 53.9 Å². The summed E-state index contributed by atoms with van der Waals surface area (Å²) in [5.41, 5.74) is 3.34. The molecule has 0 saturated heterocycles. The molecule has 1 aliphatic rings. The zero-order valence-electron chi connectivity index (χ0n) is 11.5. The molecule has 0 N–H and O–H groups in total. The van der Waals surface area contributed by atoms with Gasteiger partial charge in [-0.1, -0.05) is 0 Å². The van der Waals surface area contributed by atoms with Crippen LogP contribution in [0.15, 0.2) is 30.3 Å². The summed E-state index contributed by atoms with van der Waals surface area (Å²) in [7, 11) is 3.04. The van der Waals surface area contributed by atoms with Gasteiger partial charge in [0.25, 0.3) is 0 Å². The van der Waals surface area contributed by atoms with Gasteiger partial charge in [0.2, 0.25) is 5.79 Å². The number of methoxy groups -OCH3 is 2. The number of ether oxygens (including phenoxy) is 2. The van der Waals surface area contributed by atoms with E-state index in [2.05, 4.69) is 0 Å². The first-order valence-electron chi connectivity index (χ1n) is 6.25. The highest BCUT2D eigenvalue weighted by molar-refractivity contribution is 5.80. The van der Waals surface area contributed by atoms with Crippen molar-refractivity contribution in [1.82, 2.24) is 0 Å². The lowest BCUT2D eigenvalue weighted by Crippen LogP contribution is -2.30. The molecule has 0 atom stereocenters. The number of benzene rings is 2. The van der Waals surface area contributed by atoms with Crippen LogP contribution in [0.25, 0.3) is 11.1 Å². The van der Waals surface area contributed by atoms with Crippen molar-refractivity contribution in [2.75, 3.05) is 14.2 Å². The molecular weight excluding hydrogens is 262 g/mol. The van der Waals surface area contributed by atoms with Crippen LogP contribution < -0.4 is 0 Å². The first-order chi connectivity index (χ1) is 9.53. The Morgan fingerprint density at radius 3 is 2.20 bits per heavy atom. The number of aryl methyl sites for hydroxylation is 1. The van der Waals surface area contributed by atoms with Crippen LogP contribution in [0.2, 0.25) is 0 Å². The van der Waals surface area contributed by atoms with Crippen LogP contribution in [0.5, 0.6) is 0 Å². The van der Waals surface area contributed by atoms with Gasteiger partial charge in [-0.25, -0.2) is 8.78 Å². The molecule has 0 fully saturated rings. The molecule has 0 unspecified atom stereocenters. The summed E-state index contributed by atoms with van der Waals surface area (Å²) < 4.78 is 38.4. The van der Waals surface area contributed by atoms with E-state index in [1.807, 2.05) is 0 Å². The largest absolute Gasteiger partial charge is 0.346 e. The molecule has 0 radical (unpaired) electrons. The van der Waals surface area contributed by atoms with Gasteiger partial charge < -0.3 is 9.47 Å². The fraction of sp³-hybridized carbons (Fsp3) is 0.250. The molecule has 0 saturated carbocycles. The fourth-order valence-corrected chi connectivity index (χ4v) is 3.06. The minimum absolute atomic E-state index is 0.362. The predicted molar refractivity (Wildman–Crippen MR) is 71.3 cm³/mol. The lowest BCUT2D eigenvalue weighted by atomic mass is 9.98. The summed E-state index contributed by atoms with van der Waals surface area (Å²) >= 11 is 0. The number of hydrogen-bond acceptors (Lipinski definition) is 2. The Morgan fingerprint density at radius 2 is 1.55 bits per heavy atom. The molecule has 0 heterocycles. The third kappa shape index (κ3) is 1.55. The molecule has 2 nitrogen and oxygen atoms in total. The SMILES string of the molecule is COC1(OC)c2ccc(F)cc2-c2cc(F)cc(C)c21. The highest BCUT2D eigenvalue weighted by Gasteiger charge is 2.45. The third-order valence-corrected chi connectivity index (χ3v) is 3.83. The molecule has 20 heavy (non-hydrogen) atoms. The minimum atomic E-state index is -1.11. The van der Waals surface area contributed by atoms with E-state index >= 15 is 0 Å². The van der Waals surface area contributed by atoms with Crippen molar-refractivity contribution in [3.05, 3.63) is 58.7 Å². The van der Waals surface area contributed by atoms with Gasteiger partial charge in [0, 0.05) is 25.3 Å². The molecule has 0 spiro atoms. The highest BCUT2D eigenvalue weighted by atomic mass is 19.1. The zero-order chi connectivity index (χ0) is 14.5. The fourth-order valence-electron chi connectivity index (χ4n) is 3.06. The Bertz CT molecular complexity index is 691. The second-order valence-electron chi connectivity index (χ2n) is 4.86. The lowest BCUT2D eigenvalue weighted by molar-refractivity contribution is -0.181. The summed E-state index contributed by atoms with van der Waals surface area (Å²) in [6.07, 6.45) is 0. The van der Waals surface area contributed by atoms with Crippen molar-refractivity contribution in [1.29, 1.82) is 0 Å². The van der Waals surface area contributed by atoms with E-state index in [0.717, 1.165) is 5.56 Å². The average molecular weight is 276 g/mol. The van der Waals surface area contributed by atoms with Crippen molar-refractivity contribution in [2.45, 2.75) is 12.7 Å². The second-order valence-corrected chi connectivity index (χ2v) is 4.86. The molecule has 3 rings (SSSR count). The molecule has 1 aliphatic carbocycles. The molecule has 0 aliphatic heterocycles. The van der Waals surface area contributed by atoms with Crippen LogP contribution in [0.3, 0.4) is 0 Å². The molecular formula is C16H14F2O2. The van der Waals surface area contributed by atoms with Crippen LogP contribution >= 0.6 is 0 Å². The summed E-state index contributed by atoms with van der Waals surface area (Å²) in [5, 5.41) is 0. The monoisotopic (exact) mass is 276 g/mol. The first-order valence-corrected chi connectivity index (χ1v) is 6.25. The Morgan fingerprint density at radius 1 is 0.900 bits per heavy atom. The number of fused-ring (bicyclic) bond motifs is 3. The van der Waals surface area contributed by atoms with E-state index in [-0.39, 0.29) is 11.6 Å². The van der Waals surface area contributed by atoms with Gasteiger partial charge in [-0.2, -0.15) is 0 Å². The van der Waals surface area contributed by atoms with Crippen molar-refractivity contribution < 1.29 is 18.3 Å². The Hall–Kier alpha value is -1.78. The van der Waals surface area contributed by atoms with Crippen LogP contribution in [0, 0.1) is 18.6 Å². The van der Waals surface area contributed by atoms with Crippen LogP contribution in [-0.4, -0.2) is 14.2 Å². The summed E-state index contributed by atoms with van der Waals surface area (Å²) in [6, 6.07) is 7.17. The number of halogens is 2. The maximum atomic E-state index is 13.7. The van der Waals surface area contributed by atoms with Crippen molar-refractivity contribution in [2.24, 2.45) is 0 Å². The van der Waals surface area contributed by atoms with Gasteiger partial charge in [0.15, 0.2) is 0 Å². The summed E-state index contributed by atoms with van der Waals surface area (Å²) in [4.78, 5) is 0. The summed E-state index contributed by atoms with van der Waals surface area (Å²) in [6.45, 7) is 1.79. The Labute approximate surface area is 116 Å². The maximum Gasteiger partial charge on any atom is 0.223 e. The first kappa shape index (κ1) is 13.2. The Kier molecular flexibility index (Phi) is 2.88. The van der Waals surface area contributed by atoms with Crippen LogP contribution in [0.1, 0.15) is 16.7 Å².